The maximum absolute atomic E-state index is 12.1. The highest BCUT2D eigenvalue weighted by Gasteiger charge is 2.30. The molecule has 2 saturated carbocycles. The third-order valence-electron chi connectivity index (χ3n) is 4.41. The molecule has 2 fully saturated rings. The minimum atomic E-state index is -0.782. The Kier molecular flexibility index (Phi) is 4.22. The fraction of sp³-hybridized carbons (Fsp3) is 0.353. The van der Waals surface area contributed by atoms with Gasteiger partial charge in [0.2, 0.25) is 12.3 Å². The lowest BCUT2D eigenvalue weighted by molar-refractivity contribution is -0.117. The van der Waals surface area contributed by atoms with Crippen LogP contribution in [-0.4, -0.2) is 38.9 Å². The zero-order chi connectivity index (χ0) is 19.0. The van der Waals surface area contributed by atoms with Gasteiger partial charge < -0.3 is 21.7 Å². The molecular formula is C17H19N7O3. The summed E-state index contributed by atoms with van der Waals surface area (Å²) >= 11 is 0. The van der Waals surface area contributed by atoms with E-state index in [-0.39, 0.29) is 17.5 Å². The van der Waals surface area contributed by atoms with Gasteiger partial charge in [-0.05, 0) is 31.8 Å². The number of primary amides is 1. The fourth-order valence-corrected chi connectivity index (χ4v) is 2.66. The van der Waals surface area contributed by atoms with Crippen LogP contribution in [-0.2, 0) is 14.4 Å². The molecule has 2 heterocycles. The maximum atomic E-state index is 12.1. The van der Waals surface area contributed by atoms with E-state index in [0.29, 0.717) is 35.3 Å². The molecule has 0 aliphatic heterocycles. The Bertz CT molecular complexity index is 957. The zero-order valence-corrected chi connectivity index (χ0v) is 14.4. The molecule has 2 aliphatic rings. The van der Waals surface area contributed by atoms with Crippen LogP contribution in [0.25, 0.3) is 11.7 Å². The summed E-state index contributed by atoms with van der Waals surface area (Å²) in [6.07, 6.45) is 7.20. The highest BCUT2D eigenvalue weighted by Crippen LogP contribution is 2.31. The number of nitrogens with one attached hydrogen (secondary N) is 3. The van der Waals surface area contributed by atoms with Crippen molar-refractivity contribution in [3.8, 4) is 0 Å². The first-order valence-corrected chi connectivity index (χ1v) is 8.73. The van der Waals surface area contributed by atoms with Crippen molar-refractivity contribution in [2.45, 2.75) is 31.7 Å². The number of nitrogens with zero attached hydrogens (tertiary/aromatic N) is 3. The lowest BCUT2D eigenvalue weighted by Gasteiger charge is -2.11. The largest absolute Gasteiger partial charge is 0.367 e. The van der Waals surface area contributed by atoms with Crippen molar-refractivity contribution in [3.63, 3.8) is 0 Å². The second kappa shape index (κ2) is 6.71. The van der Waals surface area contributed by atoms with Gasteiger partial charge in [0.25, 0.3) is 5.91 Å². The lowest BCUT2D eigenvalue weighted by atomic mass is 10.2. The zero-order valence-electron chi connectivity index (χ0n) is 14.4. The average Bonchev–Trinajstić information content (AvgIpc) is 3.54. The van der Waals surface area contributed by atoms with Crippen molar-refractivity contribution in [1.29, 1.82) is 0 Å². The van der Waals surface area contributed by atoms with E-state index in [1.54, 1.807) is 10.6 Å². The van der Waals surface area contributed by atoms with Crippen molar-refractivity contribution in [2.24, 2.45) is 11.7 Å². The van der Waals surface area contributed by atoms with Crippen LogP contribution < -0.4 is 21.7 Å². The molecule has 10 nitrogen and oxygen atoms in total. The summed E-state index contributed by atoms with van der Waals surface area (Å²) < 4.78 is 1.59. The van der Waals surface area contributed by atoms with Crippen molar-refractivity contribution < 1.29 is 14.4 Å². The second-order valence-electron chi connectivity index (χ2n) is 6.73. The summed E-state index contributed by atoms with van der Waals surface area (Å²) in [5, 5.41) is 12.8. The molecule has 0 saturated heterocycles. The molecule has 0 bridgehead atoms. The van der Waals surface area contributed by atoms with Gasteiger partial charge in [-0.1, -0.05) is 0 Å². The lowest BCUT2D eigenvalue weighted by Crippen LogP contribution is -2.24. The summed E-state index contributed by atoms with van der Waals surface area (Å²) in [4.78, 5) is 38.7. The van der Waals surface area contributed by atoms with E-state index < -0.39 is 5.91 Å². The van der Waals surface area contributed by atoms with E-state index in [9.17, 15) is 14.4 Å². The number of amides is 3. The number of carbonyl (C=O) groups excluding carboxylic acids is 3. The molecule has 2 aromatic heterocycles. The van der Waals surface area contributed by atoms with E-state index in [1.807, 2.05) is 0 Å². The molecule has 3 amide bonds. The quantitative estimate of drug-likeness (QED) is 0.387. The Labute approximate surface area is 154 Å². The average molecular weight is 369 g/mol. The van der Waals surface area contributed by atoms with E-state index in [0.717, 1.165) is 25.7 Å². The number of nitrogens with two attached hydrogens (primary N) is 1. The van der Waals surface area contributed by atoms with Crippen LogP contribution in [0.4, 0.5) is 11.6 Å². The smallest absolute Gasteiger partial charge is 0.265 e. The third-order valence-corrected chi connectivity index (χ3v) is 4.41. The van der Waals surface area contributed by atoms with Gasteiger partial charge in [-0.3, -0.25) is 14.4 Å². The third kappa shape index (κ3) is 3.73. The van der Waals surface area contributed by atoms with Crippen molar-refractivity contribution in [2.75, 3.05) is 10.6 Å². The number of rotatable bonds is 8. The number of aromatic nitrogens is 3. The molecule has 0 spiro atoms. The van der Waals surface area contributed by atoms with Crippen molar-refractivity contribution in [3.05, 3.63) is 23.5 Å². The molecule has 5 N–H and O–H groups in total. The number of hydrogen-bond donors (Lipinski definition) is 4. The summed E-state index contributed by atoms with van der Waals surface area (Å²) in [5.74, 6) is 0.307. The highest BCUT2D eigenvalue weighted by molar-refractivity contribution is 5.99. The Morgan fingerprint density at radius 3 is 2.67 bits per heavy atom. The van der Waals surface area contributed by atoms with Gasteiger partial charge in [0, 0.05) is 23.6 Å². The number of fused-ring (bicyclic) bond motifs is 1. The minimum Gasteiger partial charge on any atom is -0.367 e. The van der Waals surface area contributed by atoms with Crippen molar-refractivity contribution >= 4 is 41.6 Å². The van der Waals surface area contributed by atoms with Crippen LogP contribution in [0.5, 0.6) is 0 Å². The summed E-state index contributed by atoms with van der Waals surface area (Å²) in [6, 6.07) is 2.11. The maximum Gasteiger partial charge on any atom is 0.265 e. The Morgan fingerprint density at radius 1 is 1.26 bits per heavy atom. The molecule has 0 unspecified atom stereocenters. The highest BCUT2D eigenvalue weighted by atomic mass is 16.2. The molecule has 2 aromatic rings. The summed E-state index contributed by atoms with van der Waals surface area (Å²) in [5.41, 5.74) is 6.11. The monoisotopic (exact) mass is 369 g/mol. The molecule has 0 radical (unpaired) electrons. The predicted molar refractivity (Wildman–Crippen MR) is 97.4 cm³/mol. The molecule has 10 heteroatoms. The first-order valence-electron chi connectivity index (χ1n) is 8.73. The molecule has 140 valence electrons. The van der Waals surface area contributed by atoms with Gasteiger partial charge >= 0.3 is 0 Å². The van der Waals surface area contributed by atoms with E-state index in [1.165, 1.54) is 12.3 Å². The topological polar surface area (TPSA) is 144 Å². The van der Waals surface area contributed by atoms with Gasteiger partial charge in [-0.2, -0.15) is 9.61 Å². The van der Waals surface area contributed by atoms with Gasteiger partial charge in [0.05, 0.1) is 6.20 Å². The van der Waals surface area contributed by atoms with E-state index >= 15 is 0 Å². The molecule has 0 atom stereocenters. The predicted octanol–water partition coefficient (Wildman–Crippen LogP) is 0.224. The minimum absolute atomic E-state index is 0.0467. The molecule has 27 heavy (non-hydrogen) atoms. The van der Waals surface area contributed by atoms with Crippen LogP contribution in [0, 0.1) is 5.92 Å². The van der Waals surface area contributed by atoms with E-state index in [2.05, 4.69) is 26.0 Å². The van der Waals surface area contributed by atoms with Gasteiger partial charge in [-0.15, -0.1) is 0 Å². The Morgan fingerprint density at radius 2 is 2.04 bits per heavy atom. The normalized spacial score (nSPS) is 16.8. The van der Waals surface area contributed by atoms with E-state index in [4.69, 9.17) is 5.73 Å². The molecule has 0 aromatic carbocycles. The van der Waals surface area contributed by atoms with Crippen LogP contribution in [0.15, 0.2) is 18.0 Å². The Balaban J connectivity index is 1.75. The van der Waals surface area contributed by atoms with Crippen LogP contribution in [0.1, 0.15) is 31.2 Å². The summed E-state index contributed by atoms with van der Waals surface area (Å²) in [6.45, 7) is 0. The first kappa shape index (κ1) is 17.0. The second-order valence-corrected chi connectivity index (χ2v) is 6.73. The molecule has 4 rings (SSSR count). The van der Waals surface area contributed by atoms with Crippen LogP contribution in [0.2, 0.25) is 0 Å². The van der Waals surface area contributed by atoms with Gasteiger partial charge in [-0.25, -0.2) is 4.98 Å². The molecule has 2 aliphatic carbocycles. The van der Waals surface area contributed by atoms with Crippen LogP contribution in [0.3, 0.4) is 0 Å². The number of carbonyl (C=O) groups is 3. The number of hydrogen-bond acceptors (Lipinski definition) is 6. The van der Waals surface area contributed by atoms with Gasteiger partial charge in [0.1, 0.15) is 17.3 Å². The fourth-order valence-electron chi connectivity index (χ4n) is 2.66. The Hall–Kier alpha value is -3.43. The number of anilines is 2. The summed E-state index contributed by atoms with van der Waals surface area (Å²) in [7, 11) is 0. The SMILES string of the molecule is NC(=O)/C(=C/c1cnn2c(NC3CC3)cc(NC(=O)C3CC3)nc12)NC=O. The van der Waals surface area contributed by atoms with Crippen LogP contribution >= 0.6 is 0 Å². The standard InChI is InChI=1S/C17H19N7O3/c18-15(26)12(19-8-25)5-10-7-20-24-14(21-11-3-4-11)6-13(22-16(10)24)23-17(27)9-1-2-9/h5-9,11,21H,1-4H2,(H2,18,26)(H,19,25)(H,22,23,27)/b12-5-. The van der Waals surface area contributed by atoms with Gasteiger partial charge in [0.15, 0.2) is 5.65 Å². The first-order chi connectivity index (χ1) is 13.0. The molecular weight excluding hydrogens is 350 g/mol. The van der Waals surface area contributed by atoms with Crippen molar-refractivity contribution in [1.82, 2.24) is 19.9 Å².